The van der Waals surface area contributed by atoms with Crippen molar-refractivity contribution in [2.24, 2.45) is 14.1 Å². The van der Waals surface area contributed by atoms with Gasteiger partial charge in [-0.05, 0) is 49.9 Å². The predicted molar refractivity (Wildman–Crippen MR) is 117 cm³/mol. The normalized spacial score (nSPS) is 17.2. The third kappa shape index (κ3) is 3.01. The minimum absolute atomic E-state index is 0.102. The Hall–Kier alpha value is -2.95. The average Bonchev–Trinajstić information content (AvgIpc) is 3.48. The second-order valence-electron chi connectivity index (χ2n) is 7.80. The number of sulfonamides is 1. The van der Waals surface area contributed by atoms with Crippen molar-refractivity contribution >= 4 is 32.1 Å². The summed E-state index contributed by atoms with van der Waals surface area (Å²) in [4.78, 5) is 17.4. The van der Waals surface area contributed by atoms with Crippen LogP contribution < -0.4 is 10.4 Å². The highest BCUT2D eigenvalue weighted by Crippen LogP contribution is 2.32. The van der Waals surface area contributed by atoms with E-state index in [1.54, 1.807) is 41.4 Å². The van der Waals surface area contributed by atoms with Gasteiger partial charge in [0.1, 0.15) is 5.82 Å². The maximum atomic E-state index is 12.4. The van der Waals surface area contributed by atoms with Gasteiger partial charge in [0.05, 0.1) is 33.6 Å². The monoisotopic (exact) mass is 441 g/mol. The summed E-state index contributed by atoms with van der Waals surface area (Å²) in [7, 11) is 1.27. The molecule has 0 radical (unpaired) electrons. The number of aryl methyl sites for hydroxylation is 2. The van der Waals surface area contributed by atoms with Gasteiger partial charge in [-0.2, -0.15) is 0 Å². The maximum absolute atomic E-state index is 12.4. The van der Waals surface area contributed by atoms with Gasteiger partial charge in [-0.3, -0.25) is 13.7 Å². The number of fused-ring (bicyclic) bond motifs is 2. The fraction of sp³-hybridized carbons (Fsp3) is 0.333. The lowest BCUT2D eigenvalue weighted by Gasteiger charge is -2.14. The van der Waals surface area contributed by atoms with Crippen molar-refractivity contribution in [3.05, 3.63) is 52.7 Å². The summed E-state index contributed by atoms with van der Waals surface area (Å²) in [5.41, 5.74) is 3.73. The van der Waals surface area contributed by atoms with E-state index in [-0.39, 0.29) is 16.5 Å². The molecule has 0 spiro atoms. The van der Waals surface area contributed by atoms with Crippen molar-refractivity contribution in [2.45, 2.75) is 17.2 Å². The lowest BCUT2D eigenvalue weighted by molar-refractivity contribution is 0.193. The number of nitrogens with one attached hydrogen (secondary N) is 1. The van der Waals surface area contributed by atoms with Crippen molar-refractivity contribution in [2.75, 3.05) is 20.3 Å². The molecule has 1 aliphatic rings. The average molecular weight is 442 g/mol. The summed E-state index contributed by atoms with van der Waals surface area (Å²) in [6, 6.07) is 10.7. The van der Waals surface area contributed by atoms with Crippen molar-refractivity contribution < 1.29 is 13.2 Å². The van der Waals surface area contributed by atoms with Crippen LogP contribution in [-0.4, -0.2) is 47.4 Å². The molecule has 9 nitrogen and oxygen atoms in total. The van der Waals surface area contributed by atoms with E-state index in [9.17, 15) is 13.2 Å². The zero-order valence-corrected chi connectivity index (χ0v) is 18.3. The van der Waals surface area contributed by atoms with Crippen LogP contribution in [0.4, 0.5) is 0 Å². The minimum atomic E-state index is -3.61. The van der Waals surface area contributed by atoms with Gasteiger partial charge in [0, 0.05) is 32.3 Å². The zero-order valence-electron chi connectivity index (χ0n) is 17.5. The SMILES string of the molecule is CNS(=O)(=O)c1ccc2nc(C3CCOC3)n(-c3ccc4c(c3)n(C)c(=O)n4C)c2c1. The largest absolute Gasteiger partial charge is 0.381 e. The summed E-state index contributed by atoms with van der Waals surface area (Å²) in [6.07, 6.45) is 0.844. The van der Waals surface area contributed by atoms with Crippen LogP contribution in [0.15, 0.2) is 46.1 Å². The molecule has 1 N–H and O–H groups in total. The second kappa shape index (κ2) is 7.04. The first kappa shape index (κ1) is 20.0. The number of ether oxygens (including phenoxy) is 1. The standard InChI is InChI=1S/C21H23N5O4S/c1-22-31(28,29)15-5-6-16-18(11-15)26(20(23-16)13-8-9-30-12-13)14-4-7-17-19(10-14)25(3)21(27)24(17)2/h4-7,10-11,13,22H,8-9,12H2,1-3H3. The van der Waals surface area contributed by atoms with E-state index in [4.69, 9.17) is 9.72 Å². The molecule has 10 heteroatoms. The van der Waals surface area contributed by atoms with E-state index in [1.165, 1.54) is 7.05 Å². The van der Waals surface area contributed by atoms with E-state index in [2.05, 4.69) is 4.72 Å². The Kier molecular flexibility index (Phi) is 4.54. The molecule has 2 aromatic carbocycles. The van der Waals surface area contributed by atoms with Crippen LogP contribution in [0.1, 0.15) is 18.2 Å². The smallest absolute Gasteiger partial charge is 0.328 e. The predicted octanol–water partition coefficient (Wildman–Crippen LogP) is 1.63. The third-order valence-electron chi connectivity index (χ3n) is 6.04. The van der Waals surface area contributed by atoms with Crippen LogP contribution in [0.5, 0.6) is 0 Å². The van der Waals surface area contributed by atoms with Crippen LogP contribution >= 0.6 is 0 Å². The Labute approximate surface area is 178 Å². The van der Waals surface area contributed by atoms with E-state index in [1.807, 2.05) is 22.8 Å². The summed E-state index contributed by atoms with van der Waals surface area (Å²) in [5, 5.41) is 0. The molecule has 4 aromatic rings. The molecule has 0 aliphatic carbocycles. The van der Waals surface area contributed by atoms with Gasteiger partial charge in [-0.15, -0.1) is 0 Å². The van der Waals surface area contributed by atoms with Gasteiger partial charge in [-0.1, -0.05) is 0 Å². The first-order valence-electron chi connectivity index (χ1n) is 10.0. The van der Waals surface area contributed by atoms with Gasteiger partial charge in [-0.25, -0.2) is 22.9 Å². The molecule has 2 aromatic heterocycles. The molecule has 0 amide bonds. The Morgan fingerprint density at radius 2 is 1.84 bits per heavy atom. The molecule has 31 heavy (non-hydrogen) atoms. The fourth-order valence-electron chi connectivity index (χ4n) is 4.28. The van der Waals surface area contributed by atoms with Gasteiger partial charge < -0.3 is 4.74 Å². The van der Waals surface area contributed by atoms with Crippen LogP contribution in [0.25, 0.3) is 27.8 Å². The van der Waals surface area contributed by atoms with Crippen molar-refractivity contribution in [1.82, 2.24) is 23.4 Å². The summed E-state index contributed by atoms with van der Waals surface area (Å²) < 4.78 is 38.0. The highest BCUT2D eigenvalue weighted by Gasteiger charge is 2.26. The number of nitrogens with zero attached hydrogens (tertiary/aromatic N) is 4. The lowest BCUT2D eigenvalue weighted by atomic mass is 10.1. The minimum Gasteiger partial charge on any atom is -0.381 e. The Morgan fingerprint density at radius 3 is 2.55 bits per heavy atom. The molecule has 3 heterocycles. The molecule has 1 saturated heterocycles. The first-order chi connectivity index (χ1) is 14.8. The highest BCUT2D eigenvalue weighted by atomic mass is 32.2. The molecule has 1 fully saturated rings. The zero-order chi connectivity index (χ0) is 21.9. The van der Waals surface area contributed by atoms with Crippen LogP contribution in [-0.2, 0) is 28.9 Å². The Bertz CT molecular complexity index is 1490. The quantitative estimate of drug-likeness (QED) is 0.519. The van der Waals surface area contributed by atoms with Gasteiger partial charge in [0.15, 0.2) is 0 Å². The van der Waals surface area contributed by atoms with E-state index in [0.717, 1.165) is 29.0 Å². The Balaban J connectivity index is 1.82. The van der Waals surface area contributed by atoms with Crippen LogP contribution in [0.3, 0.4) is 0 Å². The number of benzene rings is 2. The topological polar surface area (TPSA) is 100 Å². The molecule has 0 bridgehead atoms. The maximum Gasteiger partial charge on any atom is 0.328 e. The van der Waals surface area contributed by atoms with E-state index < -0.39 is 10.0 Å². The number of aromatic nitrogens is 4. The van der Waals surface area contributed by atoms with Crippen LogP contribution in [0, 0.1) is 0 Å². The molecule has 1 unspecified atom stereocenters. The number of hydrogen-bond donors (Lipinski definition) is 1. The molecule has 162 valence electrons. The van der Waals surface area contributed by atoms with Crippen molar-refractivity contribution in [1.29, 1.82) is 0 Å². The molecule has 1 aliphatic heterocycles. The Morgan fingerprint density at radius 1 is 1.06 bits per heavy atom. The third-order valence-corrected chi connectivity index (χ3v) is 7.45. The lowest BCUT2D eigenvalue weighted by Crippen LogP contribution is -2.19. The molecular weight excluding hydrogens is 418 g/mol. The number of imidazole rings is 2. The number of hydrogen-bond acceptors (Lipinski definition) is 5. The van der Waals surface area contributed by atoms with Crippen molar-refractivity contribution in [3.63, 3.8) is 0 Å². The molecule has 0 saturated carbocycles. The summed E-state index contributed by atoms with van der Waals surface area (Å²) >= 11 is 0. The summed E-state index contributed by atoms with van der Waals surface area (Å²) in [6.45, 7) is 1.23. The summed E-state index contributed by atoms with van der Waals surface area (Å²) in [5.74, 6) is 0.929. The van der Waals surface area contributed by atoms with Gasteiger partial charge in [0.2, 0.25) is 10.0 Å². The van der Waals surface area contributed by atoms with E-state index in [0.29, 0.717) is 24.2 Å². The molecule has 5 rings (SSSR count). The molecule has 1 atom stereocenters. The first-order valence-corrected chi connectivity index (χ1v) is 11.5. The van der Waals surface area contributed by atoms with E-state index >= 15 is 0 Å². The van der Waals surface area contributed by atoms with Gasteiger partial charge in [0.25, 0.3) is 0 Å². The van der Waals surface area contributed by atoms with Gasteiger partial charge >= 0.3 is 5.69 Å². The van der Waals surface area contributed by atoms with Crippen molar-refractivity contribution in [3.8, 4) is 5.69 Å². The molecular formula is C21H23N5O4S. The van der Waals surface area contributed by atoms with Crippen LogP contribution in [0.2, 0.25) is 0 Å². The number of rotatable bonds is 4. The fourth-order valence-corrected chi connectivity index (χ4v) is 5.03. The highest BCUT2D eigenvalue weighted by molar-refractivity contribution is 7.89. The second-order valence-corrected chi connectivity index (χ2v) is 9.68.